The van der Waals surface area contributed by atoms with Crippen LogP contribution in [0.1, 0.15) is 25.3 Å². The van der Waals surface area contributed by atoms with Crippen LogP contribution in [0.15, 0.2) is 71.7 Å². The molecule has 1 atom stereocenters. The highest BCUT2D eigenvalue weighted by Crippen LogP contribution is 2.35. The molecule has 5 rings (SSSR count). The van der Waals surface area contributed by atoms with E-state index >= 15 is 0 Å². The van der Waals surface area contributed by atoms with Gasteiger partial charge in [-0.2, -0.15) is 0 Å². The molecule has 202 valence electrons. The summed E-state index contributed by atoms with van der Waals surface area (Å²) in [4.78, 5) is 33.0. The van der Waals surface area contributed by atoms with Gasteiger partial charge in [0.05, 0.1) is 25.9 Å². The predicted molar refractivity (Wildman–Crippen MR) is 150 cm³/mol. The zero-order valence-corrected chi connectivity index (χ0v) is 22.5. The molecule has 2 heterocycles. The summed E-state index contributed by atoms with van der Waals surface area (Å²) >= 11 is 1.27. The van der Waals surface area contributed by atoms with Gasteiger partial charge in [0.2, 0.25) is 18.6 Å². The molecule has 0 aromatic heterocycles. The van der Waals surface area contributed by atoms with E-state index in [9.17, 15) is 9.59 Å². The first-order valence-electron chi connectivity index (χ1n) is 12.6. The number of hydrogen-bond acceptors (Lipinski definition) is 8. The van der Waals surface area contributed by atoms with Gasteiger partial charge in [0.25, 0.3) is 0 Å². The van der Waals surface area contributed by atoms with E-state index in [4.69, 9.17) is 23.9 Å². The largest absolute Gasteiger partial charge is 0.497 e. The molecule has 2 amide bonds. The van der Waals surface area contributed by atoms with Crippen molar-refractivity contribution in [1.29, 1.82) is 0 Å². The second kappa shape index (κ2) is 12.1. The molecule has 10 heteroatoms. The number of methoxy groups -OCH3 is 1. The van der Waals surface area contributed by atoms with Crippen molar-refractivity contribution in [3.63, 3.8) is 0 Å². The molecule has 3 aromatic carbocycles. The predicted octanol–water partition coefficient (Wildman–Crippen LogP) is 5.37. The number of benzene rings is 3. The number of anilines is 1. The zero-order chi connectivity index (χ0) is 27.2. The molecule has 2 aliphatic rings. The third-order valence-corrected chi connectivity index (χ3v) is 7.29. The highest BCUT2D eigenvalue weighted by atomic mass is 32.2. The van der Waals surface area contributed by atoms with Crippen LogP contribution in [0.2, 0.25) is 0 Å². The number of amides is 2. The number of nitrogens with one attached hydrogen (secondary N) is 1. The van der Waals surface area contributed by atoms with Gasteiger partial charge in [-0.15, -0.1) is 0 Å². The normalized spacial score (nSPS) is 17.3. The summed E-state index contributed by atoms with van der Waals surface area (Å²) in [6, 6.07) is 20.0. The third-order valence-electron chi connectivity index (χ3n) is 6.10. The Morgan fingerprint density at radius 1 is 1.05 bits per heavy atom. The lowest BCUT2D eigenvalue weighted by Crippen LogP contribution is -2.44. The van der Waals surface area contributed by atoms with E-state index < -0.39 is 5.25 Å². The van der Waals surface area contributed by atoms with Gasteiger partial charge in [-0.25, -0.2) is 4.99 Å². The second-order valence-corrected chi connectivity index (χ2v) is 10.1. The van der Waals surface area contributed by atoms with Gasteiger partial charge >= 0.3 is 0 Å². The molecule has 39 heavy (non-hydrogen) atoms. The topological polar surface area (TPSA) is 98.7 Å². The molecule has 2 aliphatic heterocycles. The molecule has 9 nitrogen and oxygen atoms in total. The van der Waals surface area contributed by atoms with Gasteiger partial charge in [0.1, 0.15) is 16.7 Å². The summed E-state index contributed by atoms with van der Waals surface area (Å²) in [5.74, 6) is 2.30. The lowest BCUT2D eigenvalue weighted by atomic mass is 10.1. The highest BCUT2D eigenvalue weighted by molar-refractivity contribution is 8.15. The molecule has 0 radical (unpaired) electrons. The van der Waals surface area contributed by atoms with Gasteiger partial charge in [0, 0.05) is 12.1 Å². The standard InChI is InChI=1S/C29H29N3O6S/c1-3-14-36-23-11-7-20(8-12-23)30-28(34)26-16-27(33)32(17-19-4-13-24-25(15-19)38-18-37-24)29(39-26)31-21-5-9-22(35-2)10-6-21/h4-13,15,26H,3,14,16-18H2,1-2H3,(H,30,34). The van der Waals surface area contributed by atoms with Crippen molar-refractivity contribution in [3.05, 3.63) is 72.3 Å². The minimum absolute atomic E-state index is 0.0420. The fourth-order valence-electron chi connectivity index (χ4n) is 4.06. The number of aliphatic imine (C=N–C) groups is 1. The van der Waals surface area contributed by atoms with E-state index in [0.29, 0.717) is 40.4 Å². The minimum atomic E-state index is -0.640. The number of rotatable bonds is 9. The molecule has 0 spiro atoms. The molecule has 1 saturated heterocycles. The van der Waals surface area contributed by atoms with E-state index in [-0.39, 0.29) is 31.6 Å². The lowest BCUT2D eigenvalue weighted by Gasteiger charge is -2.32. The summed E-state index contributed by atoms with van der Waals surface area (Å²) in [6.45, 7) is 3.13. The van der Waals surface area contributed by atoms with Crippen LogP contribution in [0.5, 0.6) is 23.0 Å². The Kier molecular flexibility index (Phi) is 8.21. The summed E-state index contributed by atoms with van der Waals surface area (Å²) in [5.41, 5.74) is 2.14. The van der Waals surface area contributed by atoms with Crippen molar-refractivity contribution in [2.45, 2.75) is 31.6 Å². The summed E-state index contributed by atoms with van der Waals surface area (Å²) in [7, 11) is 1.60. The van der Waals surface area contributed by atoms with Crippen LogP contribution < -0.4 is 24.3 Å². The van der Waals surface area contributed by atoms with E-state index in [1.807, 2.05) is 49.4 Å². The van der Waals surface area contributed by atoms with Crippen molar-refractivity contribution in [2.75, 3.05) is 25.8 Å². The Morgan fingerprint density at radius 3 is 2.54 bits per heavy atom. The quantitative estimate of drug-likeness (QED) is 0.384. The van der Waals surface area contributed by atoms with Crippen molar-refractivity contribution < 1.29 is 28.5 Å². The maximum atomic E-state index is 13.4. The Labute approximate surface area is 231 Å². The minimum Gasteiger partial charge on any atom is -0.497 e. The number of nitrogens with zero attached hydrogens (tertiary/aromatic N) is 2. The van der Waals surface area contributed by atoms with E-state index in [2.05, 4.69) is 5.32 Å². The third kappa shape index (κ3) is 6.46. The summed E-state index contributed by atoms with van der Waals surface area (Å²) < 4.78 is 21.8. The maximum absolute atomic E-state index is 13.4. The fourth-order valence-corrected chi connectivity index (χ4v) is 5.16. The number of ether oxygens (including phenoxy) is 4. The van der Waals surface area contributed by atoms with Crippen LogP contribution in [0.4, 0.5) is 11.4 Å². The first-order chi connectivity index (χ1) is 19.0. The molecule has 0 bridgehead atoms. The summed E-state index contributed by atoms with van der Waals surface area (Å²) in [6.07, 6.45) is 0.956. The monoisotopic (exact) mass is 547 g/mol. The van der Waals surface area contributed by atoms with E-state index in [1.54, 1.807) is 36.3 Å². The SMILES string of the molecule is CCCOc1ccc(NC(=O)C2CC(=O)N(Cc3ccc4c(c3)OCO4)C(=Nc3ccc(OC)cc3)S2)cc1. The van der Waals surface area contributed by atoms with Crippen LogP contribution in [-0.4, -0.2) is 47.6 Å². The average molecular weight is 548 g/mol. The van der Waals surface area contributed by atoms with Crippen LogP contribution in [0.3, 0.4) is 0 Å². The summed E-state index contributed by atoms with van der Waals surface area (Å²) in [5, 5.41) is 2.72. The van der Waals surface area contributed by atoms with Gasteiger partial charge in [0.15, 0.2) is 16.7 Å². The Balaban J connectivity index is 1.35. The molecular formula is C29H29N3O6S. The molecule has 1 unspecified atom stereocenters. The van der Waals surface area contributed by atoms with Crippen molar-refractivity contribution in [2.24, 2.45) is 4.99 Å². The van der Waals surface area contributed by atoms with Gasteiger partial charge in [-0.05, 0) is 72.6 Å². The average Bonchev–Trinajstić information content (AvgIpc) is 3.43. The van der Waals surface area contributed by atoms with Crippen LogP contribution in [0, 0.1) is 0 Å². The van der Waals surface area contributed by atoms with Gasteiger partial charge in [-0.1, -0.05) is 24.8 Å². The second-order valence-electron chi connectivity index (χ2n) is 8.93. The zero-order valence-electron chi connectivity index (χ0n) is 21.7. The number of fused-ring (bicyclic) bond motifs is 1. The fraction of sp³-hybridized carbons (Fsp3) is 0.276. The number of carbonyl (C=O) groups is 2. The first-order valence-corrected chi connectivity index (χ1v) is 13.5. The molecule has 1 fully saturated rings. The van der Waals surface area contributed by atoms with Gasteiger partial charge < -0.3 is 24.3 Å². The first kappa shape index (κ1) is 26.4. The highest BCUT2D eigenvalue weighted by Gasteiger charge is 2.36. The lowest BCUT2D eigenvalue weighted by molar-refractivity contribution is -0.129. The molecular weight excluding hydrogens is 518 g/mol. The van der Waals surface area contributed by atoms with Crippen molar-refractivity contribution in [1.82, 2.24) is 4.90 Å². The number of thioether (sulfide) groups is 1. The van der Waals surface area contributed by atoms with E-state index in [1.165, 1.54) is 11.8 Å². The molecule has 1 N–H and O–H groups in total. The van der Waals surface area contributed by atoms with Gasteiger partial charge in [-0.3, -0.25) is 14.5 Å². The number of amidine groups is 1. The smallest absolute Gasteiger partial charge is 0.238 e. The van der Waals surface area contributed by atoms with Crippen LogP contribution in [-0.2, 0) is 16.1 Å². The molecule has 0 saturated carbocycles. The maximum Gasteiger partial charge on any atom is 0.238 e. The molecule has 0 aliphatic carbocycles. The van der Waals surface area contributed by atoms with Crippen molar-refractivity contribution >= 4 is 40.1 Å². The van der Waals surface area contributed by atoms with Crippen molar-refractivity contribution in [3.8, 4) is 23.0 Å². The Morgan fingerprint density at radius 2 is 1.79 bits per heavy atom. The Hall–Kier alpha value is -4.18. The number of carbonyl (C=O) groups excluding carboxylic acids is 2. The van der Waals surface area contributed by atoms with E-state index in [0.717, 1.165) is 17.7 Å². The molecule has 3 aromatic rings. The number of hydrogen-bond donors (Lipinski definition) is 1. The van der Waals surface area contributed by atoms with Crippen LogP contribution in [0.25, 0.3) is 0 Å². The van der Waals surface area contributed by atoms with Crippen LogP contribution >= 0.6 is 11.8 Å². The Bertz CT molecular complexity index is 1360.